The summed E-state index contributed by atoms with van der Waals surface area (Å²) in [6, 6.07) is 13.6. The fourth-order valence-corrected chi connectivity index (χ4v) is 3.53. The number of amides is 3. The predicted octanol–water partition coefficient (Wildman–Crippen LogP) is 3.57. The second kappa shape index (κ2) is 11.0. The number of benzene rings is 2. The second-order valence-electron chi connectivity index (χ2n) is 7.30. The van der Waals surface area contributed by atoms with Gasteiger partial charge in [-0.25, -0.2) is 4.79 Å². The lowest BCUT2D eigenvalue weighted by molar-refractivity contribution is 0.0937. The highest BCUT2D eigenvalue weighted by Gasteiger charge is 2.19. The first-order valence-electron chi connectivity index (χ1n) is 10.3. The molecule has 31 heavy (non-hydrogen) atoms. The fraction of sp³-hybridized carbons (Fsp3) is 0.348. The molecule has 0 aromatic heterocycles. The first kappa shape index (κ1) is 22.1. The van der Waals surface area contributed by atoms with Crippen LogP contribution in [0.25, 0.3) is 0 Å². The molecule has 0 saturated carbocycles. The summed E-state index contributed by atoms with van der Waals surface area (Å²) < 4.78 is 5.01. The number of piperidine rings is 1. The van der Waals surface area contributed by atoms with Gasteiger partial charge in [-0.05, 0) is 55.7 Å². The maximum Gasteiger partial charge on any atom is 0.323 e. The molecule has 2 aromatic rings. The van der Waals surface area contributed by atoms with E-state index in [2.05, 4.69) is 20.9 Å². The van der Waals surface area contributed by atoms with Crippen LogP contribution in [-0.2, 0) is 4.74 Å². The number of carbonyl (C=O) groups is 2. The minimum Gasteiger partial charge on any atom is -0.383 e. The van der Waals surface area contributed by atoms with Gasteiger partial charge >= 0.3 is 6.03 Å². The number of nitriles is 1. The summed E-state index contributed by atoms with van der Waals surface area (Å²) in [6.07, 6.45) is 3.38. The maximum absolute atomic E-state index is 12.8. The Morgan fingerprint density at radius 3 is 2.52 bits per heavy atom. The quantitative estimate of drug-likeness (QED) is 0.593. The van der Waals surface area contributed by atoms with Gasteiger partial charge in [0, 0.05) is 43.8 Å². The Bertz CT molecular complexity index is 964. The third-order valence-corrected chi connectivity index (χ3v) is 5.04. The SMILES string of the molecule is COCCNC(=O)c1cc(NC(=O)Nc2cccc(C#N)c2)ccc1N1CCCCC1. The van der Waals surface area contributed by atoms with Gasteiger partial charge < -0.3 is 25.6 Å². The number of rotatable bonds is 7. The minimum absolute atomic E-state index is 0.205. The Morgan fingerprint density at radius 1 is 1.06 bits per heavy atom. The van der Waals surface area contributed by atoms with Crippen LogP contribution in [0.5, 0.6) is 0 Å². The van der Waals surface area contributed by atoms with Crippen molar-refractivity contribution in [2.75, 3.05) is 48.9 Å². The van der Waals surface area contributed by atoms with Crippen LogP contribution in [0.1, 0.15) is 35.2 Å². The normalized spacial score (nSPS) is 13.2. The standard InChI is InChI=1S/C23H27N5O3/c1-31-13-10-25-22(29)20-15-19(8-9-21(20)28-11-3-2-4-12-28)27-23(30)26-18-7-5-6-17(14-18)16-24/h5-9,14-15H,2-4,10-13H2,1H3,(H,25,29)(H2,26,27,30). The van der Waals surface area contributed by atoms with Crippen molar-refractivity contribution >= 4 is 29.0 Å². The third kappa shape index (κ3) is 6.20. The first-order valence-corrected chi connectivity index (χ1v) is 10.3. The molecule has 1 heterocycles. The van der Waals surface area contributed by atoms with Crippen LogP contribution in [0.15, 0.2) is 42.5 Å². The van der Waals surface area contributed by atoms with Gasteiger partial charge in [0.1, 0.15) is 0 Å². The van der Waals surface area contributed by atoms with Crippen molar-refractivity contribution < 1.29 is 14.3 Å². The van der Waals surface area contributed by atoms with Crippen molar-refractivity contribution in [3.63, 3.8) is 0 Å². The summed E-state index contributed by atoms with van der Waals surface area (Å²) in [5.74, 6) is -0.205. The van der Waals surface area contributed by atoms with E-state index in [-0.39, 0.29) is 5.91 Å². The van der Waals surface area contributed by atoms with Crippen LogP contribution in [0.4, 0.5) is 21.9 Å². The van der Waals surface area contributed by atoms with Gasteiger partial charge in [0.05, 0.1) is 23.8 Å². The lowest BCUT2D eigenvalue weighted by Gasteiger charge is -2.30. The van der Waals surface area contributed by atoms with E-state index < -0.39 is 6.03 Å². The Kier molecular flexibility index (Phi) is 7.85. The molecule has 1 fully saturated rings. The molecule has 2 aromatic carbocycles. The molecule has 1 aliphatic heterocycles. The molecule has 8 nitrogen and oxygen atoms in total. The molecule has 0 spiro atoms. The molecule has 3 rings (SSSR count). The van der Waals surface area contributed by atoms with E-state index in [9.17, 15) is 9.59 Å². The van der Waals surface area contributed by atoms with Crippen LogP contribution in [0.2, 0.25) is 0 Å². The van der Waals surface area contributed by atoms with E-state index in [0.29, 0.717) is 35.7 Å². The molecule has 0 bridgehead atoms. The van der Waals surface area contributed by atoms with Crippen LogP contribution < -0.4 is 20.9 Å². The van der Waals surface area contributed by atoms with Gasteiger partial charge in [-0.2, -0.15) is 5.26 Å². The maximum atomic E-state index is 12.8. The van der Waals surface area contributed by atoms with Gasteiger partial charge in [-0.1, -0.05) is 6.07 Å². The van der Waals surface area contributed by atoms with Gasteiger partial charge in [-0.3, -0.25) is 4.79 Å². The molecule has 8 heteroatoms. The van der Waals surface area contributed by atoms with Crippen molar-refractivity contribution in [3.8, 4) is 6.07 Å². The minimum atomic E-state index is -0.452. The van der Waals surface area contributed by atoms with Crippen molar-refractivity contribution in [2.45, 2.75) is 19.3 Å². The highest BCUT2D eigenvalue weighted by Crippen LogP contribution is 2.27. The summed E-state index contributed by atoms with van der Waals surface area (Å²) >= 11 is 0. The summed E-state index contributed by atoms with van der Waals surface area (Å²) in [6.45, 7) is 2.64. The number of hydrogen-bond acceptors (Lipinski definition) is 5. The summed E-state index contributed by atoms with van der Waals surface area (Å²) in [5, 5.41) is 17.3. The smallest absolute Gasteiger partial charge is 0.323 e. The zero-order chi connectivity index (χ0) is 22.1. The van der Waals surface area contributed by atoms with E-state index in [1.165, 1.54) is 6.42 Å². The average molecular weight is 422 g/mol. The largest absolute Gasteiger partial charge is 0.383 e. The number of methoxy groups -OCH3 is 1. The van der Waals surface area contributed by atoms with Crippen molar-refractivity contribution in [3.05, 3.63) is 53.6 Å². The number of hydrogen-bond donors (Lipinski definition) is 3. The molecule has 0 radical (unpaired) electrons. The fourth-order valence-electron chi connectivity index (χ4n) is 3.53. The monoisotopic (exact) mass is 421 g/mol. The van der Waals surface area contributed by atoms with Crippen molar-refractivity contribution in [2.24, 2.45) is 0 Å². The average Bonchev–Trinajstić information content (AvgIpc) is 2.79. The Morgan fingerprint density at radius 2 is 1.81 bits per heavy atom. The number of anilines is 3. The molecule has 3 amide bonds. The third-order valence-electron chi connectivity index (χ3n) is 5.04. The number of carbonyl (C=O) groups excluding carboxylic acids is 2. The summed E-state index contributed by atoms with van der Waals surface area (Å²) in [4.78, 5) is 27.5. The van der Waals surface area contributed by atoms with Crippen LogP contribution >= 0.6 is 0 Å². The number of nitrogens with one attached hydrogen (secondary N) is 3. The zero-order valence-corrected chi connectivity index (χ0v) is 17.6. The van der Waals surface area contributed by atoms with Crippen LogP contribution in [-0.4, -0.2) is 45.3 Å². The molecular weight excluding hydrogens is 394 g/mol. The number of urea groups is 1. The van der Waals surface area contributed by atoms with Gasteiger partial charge in [0.2, 0.25) is 0 Å². The predicted molar refractivity (Wildman–Crippen MR) is 121 cm³/mol. The second-order valence-corrected chi connectivity index (χ2v) is 7.30. The topological polar surface area (TPSA) is 106 Å². The van der Waals surface area contributed by atoms with Crippen LogP contribution in [0.3, 0.4) is 0 Å². The van der Waals surface area contributed by atoms with E-state index in [1.54, 1.807) is 43.5 Å². The first-order chi connectivity index (χ1) is 15.1. The van der Waals surface area contributed by atoms with Crippen molar-refractivity contribution in [1.82, 2.24) is 5.32 Å². The Hall–Kier alpha value is -3.57. The highest BCUT2D eigenvalue weighted by molar-refractivity contribution is 6.04. The summed E-state index contributed by atoms with van der Waals surface area (Å²) in [5.41, 5.74) is 2.86. The Labute approximate surface area is 182 Å². The molecule has 0 atom stereocenters. The molecule has 0 aliphatic carbocycles. The molecule has 0 unspecified atom stereocenters. The van der Waals surface area contributed by atoms with Crippen molar-refractivity contribution in [1.29, 1.82) is 5.26 Å². The van der Waals surface area contributed by atoms with Gasteiger partial charge in [-0.15, -0.1) is 0 Å². The van der Waals surface area contributed by atoms with E-state index >= 15 is 0 Å². The van der Waals surface area contributed by atoms with E-state index in [4.69, 9.17) is 10.00 Å². The molecule has 1 saturated heterocycles. The number of ether oxygens (including phenoxy) is 1. The summed E-state index contributed by atoms with van der Waals surface area (Å²) in [7, 11) is 1.58. The van der Waals surface area contributed by atoms with Gasteiger partial charge in [0.15, 0.2) is 0 Å². The van der Waals surface area contributed by atoms with E-state index in [1.807, 2.05) is 12.1 Å². The highest BCUT2D eigenvalue weighted by atomic mass is 16.5. The lowest BCUT2D eigenvalue weighted by Crippen LogP contribution is -2.33. The van der Waals surface area contributed by atoms with Gasteiger partial charge in [0.25, 0.3) is 5.91 Å². The Balaban J connectivity index is 1.76. The molecule has 3 N–H and O–H groups in total. The zero-order valence-electron chi connectivity index (χ0n) is 17.6. The molecular formula is C23H27N5O3. The molecule has 1 aliphatic rings. The van der Waals surface area contributed by atoms with E-state index in [0.717, 1.165) is 31.6 Å². The lowest BCUT2D eigenvalue weighted by atomic mass is 10.1. The molecule has 162 valence electrons. The van der Waals surface area contributed by atoms with Crippen LogP contribution in [0, 0.1) is 11.3 Å². The number of nitrogens with zero attached hydrogens (tertiary/aromatic N) is 2.